The Morgan fingerprint density at radius 3 is 2.35 bits per heavy atom. The third-order valence-corrected chi connectivity index (χ3v) is 3.02. The molecule has 0 aromatic heterocycles. The Labute approximate surface area is 124 Å². The van der Waals surface area contributed by atoms with Crippen LogP contribution < -0.4 is 5.32 Å². The Kier molecular flexibility index (Phi) is 6.52. The van der Waals surface area contributed by atoms with E-state index in [2.05, 4.69) is 5.32 Å². The summed E-state index contributed by atoms with van der Waals surface area (Å²) in [6, 6.07) is 6.48. The molecular weight excluding hydrogens is 278 g/mol. The SMILES string of the molecule is COC(=O)[C@@H](Cc1ccc(Cl)cc1)NC(=O)CC(C)C. The van der Waals surface area contributed by atoms with Crippen molar-refractivity contribution in [2.45, 2.75) is 32.7 Å². The maximum Gasteiger partial charge on any atom is 0.328 e. The number of carbonyl (C=O) groups excluding carboxylic acids is 2. The molecule has 0 aliphatic carbocycles. The van der Waals surface area contributed by atoms with Gasteiger partial charge in [0.1, 0.15) is 6.04 Å². The van der Waals surface area contributed by atoms with Crippen LogP contribution >= 0.6 is 11.6 Å². The van der Waals surface area contributed by atoms with Crippen molar-refractivity contribution in [1.29, 1.82) is 0 Å². The summed E-state index contributed by atoms with van der Waals surface area (Å²) in [7, 11) is 1.31. The molecule has 0 unspecified atom stereocenters. The van der Waals surface area contributed by atoms with Crippen molar-refractivity contribution in [3.05, 3.63) is 34.9 Å². The molecule has 1 rings (SSSR count). The molecule has 1 N–H and O–H groups in total. The van der Waals surface area contributed by atoms with Crippen molar-refractivity contribution in [2.24, 2.45) is 5.92 Å². The number of hydrogen-bond donors (Lipinski definition) is 1. The Hall–Kier alpha value is -1.55. The summed E-state index contributed by atoms with van der Waals surface area (Å²) < 4.78 is 4.73. The molecule has 5 heteroatoms. The molecule has 0 spiro atoms. The van der Waals surface area contributed by atoms with Crippen LogP contribution in [0, 0.1) is 5.92 Å². The summed E-state index contributed by atoms with van der Waals surface area (Å²) in [5.41, 5.74) is 0.912. The molecule has 0 saturated heterocycles. The minimum absolute atomic E-state index is 0.149. The molecule has 0 saturated carbocycles. The van der Waals surface area contributed by atoms with Crippen LogP contribution in [0.2, 0.25) is 5.02 Å². The van der Waals surface area contributed by atoms with E-state index in [0.717, 1.165) is 5.56 Å². The average Bonchev–Trinajstić information content (AvgIpc) is 2.38. The van der Waals surface area contributed by atoms with Gasteiger partial charge in [-0.05, 0) is 23.6 Å². The lowest BCUT2D eigenvalue weighted by Crippen LogP contribution is -2.43. The number of esters is 1. The van der Waals surface area contributed by atoms with Gasteiger partial charge in [-0.25, -0.2) is 4.79 Å². The molecule has 110 valence electrons. The van der Waals surface area contributed by atoms with Gasteiger partial charge in [0.2, 0.25) is 5.91 Å². The van der Waals surface area contributed by atoms with Gasteiger partial charge < -0.3 is 10.1 Å². The predicted molar refractivity (Wildman–Crippen MR) is 78.6 cm³/mol. The maximum atomic E-state index is 11.8. The number of nitrogens with one attached hydrogen (secondary N) is 1. The van der Waals surface area contributed by atoms with Gasteiger partial charge in [0.25, 0.3) is 0 Å². The Morgan fingerprint density at radius 2 is 1.85 bits per heavy atom. The summed E-state index contributed by atoms with van der Waals surface area (Å²) in [5.74, 6) is -0.356. The van der Waals surface area contributed by atoms with E-state index in [-0.39, 0.29) is 11.8 Å². The molecule has 0 aliphatic rings. The minimum atomic E-state index is -0.674. The van der Waals surface area contributed by atoms with Crippen LogP contribution in [-0.2, 0) is 20.7 Å². The normalized spacial score (nSPS) is 12.1. The van der Waals surface area contributed by atoms with Gasteiger partial charge in [0, 0.05) is 17.9 Å². The largest absolute Gasteiger partial charge is 0.467 e. The molecule has 0 fully saturated rings. The van der Waals surface area contributed by atoms with E-state index in [4.69, 9.17) is 16.3 Å². The molecule has 4 nitrogen and oxygen atoms in total. The molecule has 0 bridgehead atoms. The lowest BCUT2D eigenvalue weighted by Gasteiger charge is -2.17. The Balaban J connectivity index is 2.72. The van der Waals surface area contributed by atoms with Gasteiger partial charge in [-0.15, -0.1) is 0 Å². The lowest BCUT2D eigenvalue weighted by molar-refractivity contribution is -0.145. The van der Waals surface area contributed by atoms with Gasteiger partial charge in [0.15, 0.2) is 0 Å². The van der Waals surface area contributed by atoms with E-state index < -0.39 is 12.0 Å². The first kappa shape index (κ1) is 16.5. The zero-order valence-corrected chi connectivity index (χ0v) is 12.7. The van der Waals surface area contributed by atoms with Crippen LogP contribution in [0.1, 0.15) is 25.8 Å². The fraction of sp³-hybridized carbons (Fsp3) is 0.467. The summed E-state index contributed by atoms with van der Waals surface area (Å²) in [6.07, 6.45) is 0.766. The van der Waals surface area contributed by atoms with Crippen LogP contribution in [0.4, 0.5) is 0 Å². The summed E-state index contributed by atoms with van der Waals surface area (Å²) in [4.78, 5) is 23.5. The monoisotopic (exact) mass is 297 g/mol. The van der Waals surface area contributed by atoms with Crippen LogP contribution in [0.25, 0.3) is 0 Å². The highest BCUT2D eigenvalue weighted by molar-refractivity contribution is 6.30. The summed E-state index contributed by atoms with van der Waals surface area (Å²) in [5, 5.41) is 3.35. The number of methoxy groups -OCH3 is 1. The van der Waals surface area contributed by atoms with Crippen LogP contribution in [0.5, 0.6) is 0 Å². The lowest BCUT2D eigenvalue weighted by atomic mass is 10.0. The van der Waals surface area contributed by atoms with E-state index >= 15 is 0 Å². The van der Waals surface area contributed by atoms with E-state index in [9.17, 15) is 9.59 Å². The van der Waals surface area contributed by atoms with Crippen molar-refractivity contribution in [3.63, 3.8) is 0 Å². The Bertz CT molecular complexity index is 457. The summed E-state index contributed by atoms with van der Waals surface area (Å²) >= 11 is 5.82. The first-order valence-electron chi connectivity index (χ1n) is 6.54. The third-order valence-electron chi connectivity index (χ3n) is 2.77. The first-order valence-corrected chi connectivity index (χ1v) is 6.91. The minimum Gasteiger partial charge on any atom is -0.467 e. The fourth-order valence-electron chi connectivity index (χ4n) is 1.82. The smallest absolute Gasteiger partial charge is 0.328 e. The second-order valence-electron chi connectivity index (χ2n) is 5.07. The van der Waals surface area contributed by atoms with Gasteiger partial charge in [-0.3, -0.25) is 4.79 Å². The fourth-order valence-corrected chi connectivity index (χ4v) is 1.94. The number of ether oxygens (including phenoxy) is 1. The topological polar surface area (TPSA) is 55.4 Å². The molecule has 0 radical (unpaired) electrons. The zero-order chi connectivity index (χ0) is 15.1. The van der Waals surface area contributed by atoms with Gasteiger partial charge >= 0.3 is 5.97 Å². The second-order valence-corrected chi connectivity index (χ2v) is 5.51. The first-order chi connectivity index (χ1) is 9.42. The molecule has 0 heterocycles. The van der Waals surface area contributed by atoms with Gasteiger partial charge in [-0.1, -0.05) is 37.6 Å². The molecular formula is C15H20ClNO3. The third kappa shape index (κ3) is 5.61. The Morgan fingerprint density at radius 1 is 1.25 bits per heavy atom. The molecule has 1 aromatic rings. The maximum absolute atomic E-state index is 11.8. The second kappa shape index (κ2) is 7.90. The van der Waals surface area contributed by atoms with E-state index in [1.807, 2.05) is 26.0 Å². The van der Waals surface area contributed by atoms with Crippen molar-refractivity contribution in [1.82, 2.24) is 5.32 Å². The van der Waals surface area contributed by atoms with Crippen molar-refractivity contribution < 1.29 is 14.3 Å². The molecule has 1 amide bonds. The molecule has 1 aromatic carbocycles. The predicted octanol–water partition coefficient (Wildman–Crippen LogP) is 2.59. The standard InChI is InChI=1S/C15H20ClNO3/c1-10(2)8-14(18)17-13(15(19)20-3)9-11-4-6-12(16)7-5-11/h4-7,10,13H,8-9H2,1-3H3,(H,17,18)/t13-/m1/s1. The number of halogens is 1. The zero-order valence-electron chi connectivity index (χ0n) is 12.0. The highest BCUT2D eigenvalue weighted by atomic mass is 35.5. The van der Waals surface area contributed by atoms with E-state index in [1.54, 1.807) is 12.1 Å². The number of carbonyl (C=O) groups is 2. The molecule has 0 aliphatic heterocycles. The van der Waals surface area contributed by atoms with E-state index in [1.165, 1.54) is 7.11 Å². The summed E-state index contributed by atoms with van der Waals surface area (Å²) in [6.45, 7) is 3.90. The number of benzene rings is 1. The quantitative estimate of drug-likeness (QED) is 0.821. The van der Waals surface area contributed by atoms with Crippen molar-refractivity contribution in [2.75, 3.05) is 7.11 Å². The number of hydrogen-bond acceptors (Lipinski definition) is 3. The molecule has 1 atom stereocenters. The molecule has 20 heavy (non-hydrogen) atoms. The van der Waals surface area contributed by atoms with E-state index in [0.29, 0.717) is 17.9 Å². The number of rotatable bonds is 6. The van der Waals surface area contributed by atoms with Gasteiger partial charge in [0.05, 0.1) is 7.11 Å². The van der Waals surface area contributed by atoms with Gasteiger partial charge in [-0.2, -0.15) is 0 Å². The highest BCUT2D eigenvalue weighted by Gasteiger charge is 2.22. The van der Waals surface area contributed by atoms with Crippen LogP contribution in [0.3, 0.4) is 0 Å². The van der Waals surface area contributed by atoms with Crippen molar-refractivity contribution >= 4 is 23.5 Å². The van der Waals surface area contributed by atoms with Crippen LogP contribution in [0.15, 0.2) is 24.3 Å². The number of amides is 1. The average molecular weight is 298 g/mol. The van der Waals surface area contributed by atoms with Crippen molar-refractivity contribution in [3.8, 4) is 0 Å². The highest BCUT2D eigenvalue weighted by Crippen LogP contribution is 2.12. The van der Waals surface area contributed by atoms with Crippen LogP contribution in [-0.4, -0.2) is 25.0 Å².